The van der Waals surface area contributed by atoms with Gasteiger partial charge in [-0.2, -0.15) is 5.10 Å². The predicted octanol–water partition coefficient (Wildman–Crippen LogP) is 3.38. The molecule has 166 valence electrons. The Kier molecular flexibility index (Phi) is 5.79. The summed E-state index contributed by atoms with van der Waals surface area (Å²) in [5, 5.41) is 17.9. The van der Waals surface area contributed by atoms with E-state index in [9.17, 15) is 23.3 Å². The number of sulfone groups is 1. The van der Waals surface area contributed by atoms with Crippen molar-refractivity contribution in [3.63, 3.8) is 0 Å². The summed E-state index contributed by atoms with van der Waals surface area (Å²) in [6, 6.07) is 12.6. The van der Waals surface area contributed by atoms with E-state index in [0.717, 1.165) is 24.8 Å². The van der Waals surface area contributed by atoms with E-state index >= 15 is 0 Å². The van der Waals surface area contributed by atoms with E-state index in [1.807, 2.05) is 6.07 Å². The minimum absolute atomic E-state index is 0.0556. The fraction of sp³-hybridized carbons (Fsp3) is 0.273. The molecule has 0 spiro atoms. The fourth-order valence-electron chi connectivity index (χ4n) is 3.79. The van der Waals surface area contributed by atoms with Crippen molar-refractivity contribution >= 4 is 27.2 Å². The molecule has 1 aliphatic rings. The Balaban J connectivity index is 1.45. The predicted molar refractivity (Wildman–Crippen MR) is 119 cm³/mol. The minimum atomic E-state index is -3.59. The number of nitrogens with zero attached hydrogens (tertiary/aromatic N) is 3. The van der Waals surface area contributed by atoms with E-state index in [0.29, 0.717) is 17.2 Å². The number of rotatable bonds is 7. The van der Waals surface area contributed by atoms with Gasteiger partial charge >= 0.3 is 0 Å². The second-order valence-corrected chi connectivity index (χ2v) is 9.87. The molecule has 0 saturated carbocycles. The number of aryl methyl sites for hydroxylation is 3. The standard InChI is InChI=1S/C22H22N4O5S/c1-15-13-21(25(24-15)18-6-8-19(9-7-18)26(28)29)23-22(27)11-12-32(30,31)20-10-5-16-3-2-4-17(16)14-20/h5-10,13-14H,2-4,11-12H2,1H3,(H,23,27). The molecule has 0 bridgehead atoms. The summed E-state index contributed by atoms with van der Waals surface area (Å²) in [6.45, 7) is 1.75. The number of anilines is 1. The Morgan fingerprint density at radius 2 is 1.84 bits per heavy atom. The fourth-order valence-corrected chi connectivity index (χ4v) is 5.08. The molecule has 2 aromatic carbocycles. The molecule has 3 aromatic rings. The van der Waals surface area contributed by atoms with Crippen molar-refractivity contribution in [3.8, 4) is 5.69 Å². The smallest absolute Gasteiger partial charge is 0.269 e. The van der Waals surface area contributed by atoms with Gasteiger partial charge in [-0.1, -0.05) is 6.07 Å². The number of nitrogens with one attached hydrogen (secondary N) is 1. The normalized spacial score (nSPS) is 13.0. The highest BCUT2D eigenvalue weighted by Gasteiger charge is 2.20. The molecule has 1 aliphatic carbocycles. The van der Waals surface area contributed by atoms with Crippen molar-refractivity contribution < 1.29 is 18.1 Å². The number of aromatic nitrogens is 2. The van der Waals surface area contributed by atoms with Crippen molar-refractivity contribution in [1.29, 1.82) is 0 Å². The van der Waals surface area contributed by atoms with Crippen LogP contribution in [-0.4, -0.2) is 34.8 Å². The first-order valence-corrected chi connectivity index (χ1v) is 11.8. The Bertz CT molecular complexity index is 1300. The third-order valence-electron chi connectivity index (χ3n) is 5.43. The van der Waals surface area contributed by atoms with Gasteiger partial charge in [0.05, 0.1) is 27.0 Å². The van der Waals surface area contributed by atoms with Crippen LogP contribution in [0.1, 0.15) is 29.7 Å². The SMILES string of the molecule is Cc1cc(NC(=O)CCS(=O)(=O)c2ccc3c(c2)CCC3)n(-c2ccc([N+](=O)[O-])cc2)n1. The van der Waals surface area contributed by atoms with Gasteiger partial charge in [0.25, 0.3) is 5.69 Å². The molecule has 1 aromatic heterocycles. The summed E-state index contributed by atoms with van der Waals surface area (Å²) in [6.07, 6.45) is 2.68. The Hall–Kier alpha value is -3.53. The van der Waals surface area contributed by atoms with Crippen LogP contribution in [0.2, 0.25) is 0 Å². The third-order valence-corrected chi connectivity index (χ3v) is 7.14. The number of carbonyl (C=O) groups excluding carboxylic acids is 1. The highest BCUT2D eigenvalue weighted by Crippen LogP contribution is 2.26. The molecule has 1 heterocycles. The van der Waals surface area contributed by atoms with Gasteiger partial charge in [0.2, 0.25) is 5.91 Å². The highest BCUT2D eigenvalue weighted by molar-refractivity contribution is 7.91. The Morgan fingerprint density at radius 1 is 1.12 bits per heavy atom. The van der Waals surface area contributed by atoms with E-state index < -0.39 is 20.7 Å². The average molecular weight is 455 g/mol. The Labute approximate surface area is 185 Å². The quantitative estimate of drug-likeness (QED) is 0.431. The molecule has 9 nitrogen and oxygen atoms in total. The van der Waals surface area contributed by atoms with Crippen LogP contribution in [-0.2, 0) is 27.5 Å². The molecular weight excluding hydrogens is 432 g/mol. The number of nitro benzene ring substituents is 1. The number of hydrogen-bond donors (Lipinski definition) is 1. The van der Waals surface area contributed by atoms with Crippen molar-refractivity contribution in [2.75, 3.05) is 11.1 Å². The van der Waals surface area contributed by atoms with Crippen LogP contribution in [0.15, 0.2) is 53.4 Å². The molecule has 4 rings (SSSR count). The zero-order valence-corrected chi connectivity index (χ0v) is 18.3. The maximum Gasteiger partial charge on any atom is 0.269 e. The van der Waals surface area contributed by atoms with Gasteiger partial charge in [0.15, 0.2) is 9.84 Å². The number of benzene rings is 2. The first-order chi connectivity index (χ1) is 15.2. The van der Waals surface area contributed by atoms with Crippen LogP contribution in [0.3, 0.4) is 0 Å². The summed E-state index contributed by atoms with van der Waals surface area (Å²) in [5.74, 6) is -0.406. The zero-order valence-electron chi connectivity index (χ0n) is 17.4. The number of amides is 1. The molecule has 1 amide bonds. The lowest BCUT2D eigenvalue weighted by molar-refractivity contribution is -0.384. The van der Waals surface area contributed by atoms with Gasteiger partial charge in [-0.3, -0.25) is 14.9 Å². The monoisotopic (exact) mass is 454 g/mol. The lowest BCUT2D eigenvalue weighted by Gasteiger charge is -2.10. The van der Waals surface area contributed by atoms with E-state index in [4.69, 9.17) is 0 Å². The average Bonchev–Trinajstić information content (AvgIpc) is 3.38. The summed E-state index contributed by atoms with van der Waals surface area (Å²) in [7, 11) is -3.59. The van der Waals surface area contributed by atoms with Gasteiger partial charge < -0.3 is 5.32 Å². The number of fused-ring (bicyclic) bond motifs is 1. The van der Waals surface area contributed by atoms with Crippen LogP contribution in [0.5, 0.6) is 0 Å². The van der Waals surface area contributed by atoms with E-state index in [1.165, 1.54) is 34.5 Å². The van der Waals surface area contributed by atoms with Gasteiger partial charge in [-0.05, 0) is 61.6 Å². The van der Waals surface area contributed by atoms with Crippen molar-refractivity contribution in [3.05, 3.63) is 75.5 Å². The third kappa shape index (κ3) is 4.54. The Morgan fingerprint density at radius 3 is 2.56 bits per heavy atom. The molecule has 1 N–H and O–H groups in total. The van der Waals surface area contributed by atoms with Crippen molar-refractivity contribution in [2.24, 2.45) is 0 Å². The van der Waals surface area contributed by atoms with E-state index in [2.05, 4.69) is 10.4 Å². The van der Waals surface area contributed by atoms with Crippen molar-refractivity contribution in [1.82, 2.24) is 9.78 Å². The second kappa shape index (κ2) is 8.54. The molecule has 0 aliphatic heterocycles. The first-order valence-electron chi connectivity index (χ1n) is 10.2. The van der Waals surface area contributed by atoms with Gasteiger partial charge in [0.1, 0.15) is 5.82 Å². The van der Waals surface area contributed by atoms with Crippen molar-refractivity contribution in [2.45, 2.75) is 37.5 Å². The maximum absolute atomic E-state index is 12.7. The topological polar surface area (TPSA) is 124 Å². The summed E-state index contributed by atoms with van der Waals surface area (Å²) in [4.78, 5) is 23.1. The lowest BCUT2D eigenvalue weighted by atomic mass is 10.1. The van der Waals surface area contributed by atoms with Gasteiger partial charge in [-0.25, -0.2) is 13.1 Å². The first kappa shape index (κ1) is 21.7. The minimum Gasteiger partial charge on any atom is -0.311 e. The van der Waals surface area contributed by atoms with Crippen LogP contribution >= 0.6 is 0 Å². The lowest BCUT2D eigenvalue weighted by Crippen LogP contribution is -2.19. The summed E-state index contributed by atoms with van der Waals surface area (Å²) < 4.78 is 26.9. The van der Waals surface area contributed by atoms with Crippen LogP contribution in [0, 0.1) is 17.0 Å². The number of hydrogen-bond acceptors (Lipinski definition) is 6. The highest BCUT2D eigenvalue weighted by atomic mass is 32.2. The van der Waals surface area contributed by atoms with Gasteiger partial charge in [0, 0.05) is 24.6 Å². The van der Waals surface area contributed by atoms with Crippen LogP contribution in [0.25, 0.3) is 5.69 Å². The van der Waals surface area contributed by atoms with E-state index in [-0.39, 0.29) is 22.8 Å². The summed E-state index contributed by atoms with van der Waals surface area (Å²) in [5.41, 5.74) is 3.36. The summed E-state index contributed by atoms with van der Waals surface area (Å²) >= 11 is 0. The maximum atomic E-state index is 12.7. The molecule has 0 radical (unpaired) electrons. The molecule has 10 heteroatoms. The van der Waals surface area contributed by atoms with Crippen LogP contribution in [0.4, 0.5) is 11.5 Å². The second-order valence-electron chi connectivity index (χ2n) is 7.76. The van der Waals surface area contributed by atoms with Crippen LogP contribution < -0.4 is 5.32 Å². The van der Waals surface area contributed by atoms with E-state index in [1.54, 1.807) is 25.1 Å². The molecular formula is C22H22N4O5S. The molecule has 0 atom stereocenters. The molecule has 32 heavy (non-hydrogen) atoms. The number of non-ortho nitro benzene ring substituents is 1. The largest absolute Gasteiger partial charge is 0.311 e. The molecule has 0 fully saturated rings. The zero-order chi connectivity index (χ0) is 22.9. The number of carbonyl (C=O) groups is 1. The molecule has 0 saturated heterocycles. The van der Waals surface area contributed by atoms with Gasteiger partial charge in [-0.15, -0.1) is 0 Å². The molecule has 0 unspecified atom stereocenters. The number of nitro groups is 1.